The van der Waals surface area contributed by atoms with Crippen molar-refractivity contribution in [2.45, 2.75) is 32.6 Å². The summed E-state index contributed by atoms with van der Waals surface area (Å²) in [6, 6.07) is 0. The van der Waals surface area contributed by atoms with Gasteiger partial charge in [0.25, 0.3) is 0 Å². The van der Waals surface area contributed by atoms with Gasteiger partial charge in [-0.25, -0.2) is 0 Å². The fourth-order valence-corrected chi connectivity index (χ4v) is 0.857. The van der Waals surface area contributed by atoms with E-state index in [1.54, 1.807) is 0 Å². The van der Waals surface area contributed by atoms with E-state index < -0.39 is 0 Å². The van der Waals surface area contributed by atoms with Crippen LogP contribution in [0, 0.1) is 0 Å². The number of aromatic nitrogens is 2. The Balaban J connectivity index is 0.00000144. The molecule has 0 aliphatic rings. The standard InChI is InChI=1S/C8H15N3O.ClH/c1-6(2)8-10-7(12-11-8)4-3-5-9;/h6H,3-5,9H2,1-2H3;1H. The van der Waals surface area contributed by atoms with Gasteiger partial charge in [0.15, 0.2) is 5.82 Å². The minimum absolute atomic E-state index is 0. The third-order valence-electron chi connectivity index (χ3n) is 1.59. The van der Waals surface area contributed by atoms with E-state index >= 15 is 0 Å². The van der Waals surface area contributed by atoms with Crippen LogP contribution in [0.4, 0.5) is 0 Å². The third-order valence-corrected chi connectivity index (χ3v) is 1.59. The van der Waals surface area contributed by atoms with Crippen LogP contribution in [0.15, 0.2) is 4.52 Å². The molecule has 2 N–H and O–H groups in total. The first kappa shape index (κ1) is 12.4. The minimum Gasteiger partial charge on any atom is -0.339 e. The fraction of sp³-hybridized carbons (Fsp3) is 0.750. The minimum atomic E-state index is 0. The largest absolute Gasteiger partial charge is 0.339 e. The van der Waals surface area contributed by atoms with E-state index in [1.807, 2.05) is 13.8 Å². The molecule has 5 heteroatoms. The Morgan fingerprint density at radius 2 is 2.15 bits per heavy atom. The molecule has 1 aromatic rings. The van der Waals surface area contributed by atoms with Gasteiger partial charge in [-0.2, -0.15) is 4.98 Å². The van der Waals surface area contributed by atoms with Gasteiger partial charge in [-0.05, 0) is 13.0 Å². The van der Waals surface area contributed by atoms with Crippen LogP contribution in [0.3, 0.4) is 0 Å². The molecule has 0 aliphatic heterocycles. The average molecular weight is 206 g/mol. The second-order valence-corrected chi connectivity index (χ2v) is 3.09. The van der Waals surface area contributed by atoms with E-state index in [2.05, 4.69) is 10.1 Å². The van der Waals surface area contributed by atoms with E-state index in [1.165, 1.54) is 0 Å². The van der Waals surface area contributed by atoms with Gasteiger partial charge in [0.2, 0.25) is 5.89 Å². The van der Waals surface area contributed by atoms with Crippen molar-refractivity contribution < 1.29 is 4.52 Å². The highest BCUT2D eigenvalue weighted by atomic mass is 35.5. The Bertz CT molecular complexity index is 237. The lowest BCUT2D eigenvalue weighted by atomic mass is 10.2. The van der Waals surface area contributed by atoms with E-state index in [9.17, 15) is 0 Å². The summed E-state index contributed by atoms with van der Waals surface area (Å²) in [5.74, 6) is 1.81. The molecule has 0 saturated carbocycles. The Morgan fingerprint density at radius 1 is 1.46 bits per heavy atom. The lowest BCUT2D eigenvalue weighted by Crippen LogP contribution is -2.00. The molecular weight excluding hydrogens is 190 g/mol. The predicted octanol–water partition coefficient (Wildman–Crippen LogP) is 1.51. The Kier molecular flexibility index (Phi) is 5.66. The zero-order chi connectivity index (χ0) is 8.97. The molecule has 0 unspecified atom stereocenters. The highest BCUT2D eigenvalue weighted by molar-refractivity contribution is 5.85. The van der Waals surface area contributed by atoms with Gasteiger partial charge in [-0.3, -0.25) is 0 Å². The quantitative estimate of drug-likeness (QED) is 0.809. The van der Waals surface area contributed by atoms with Gasteiger partial charge < -0.3 is 10.3 Å². The van der Waals surface area contributed by atoms with Crippen molar-refractivity contribution in [1.29, 1.82) is 0 Å². The summed E-state index contributed by atoms with van der Waals surface area (Å²) < 4.78 is 5.01. The molecule has 0 spiro atoms. The molecule has 0 saturated heterocycles. The Morgan fingerprint density at radius 3 is 2.62 bits per heavy atom. The molecule has 1 aromatic heterocycles. The van der Waals surface area contributed by atoms with Crippen molar-refractivity contribution in [2.24, 2.45) is 5.73 Å². The number of halogens is 1. The van der Waals surface area contributed by atoms with Crippen molar-refractivity contribution in [1.82, 2.24) is 10.1 Å². The maximum absolute atomic E-state index is 5.35. The third kappa shape index (κ3) is 3.74. The molecule has 0 radical (unpaired) electrons. The van der Waals surface area contributed by atoms with Crippen LogP contribution in [0.1, 0.15) is 37.9 Å². The molecule has 13 heavy (non-hydrogen) atoms. The van der Waals surface area contributed by atoms with Crippen molar-refractivity contribution in [3.63, 3.8) is 0 Å². The summed E-state index contributed by atoms with van der Waals surface area (Å²) in [6.45, 7) is 4.74. The van der Waals surface area contributed by atoms with Gasteiger partial charge in [0.1, 0.15) is 0 Å². The molecule has 0 bridgehead atoms. The maximum Gasteiger partial charge on any atom is 0.226 e. The molecule has 0 aliphatic carbocycles. The van der Waals surface area contributed by atoms with Crippen LogP contribution in [-0.4, -0.2) is 16.7 Å². The average Bonchev–Trinajstić information content (AvgIpc) is 2.48. The summed E-state index contributed by atoms with van der Waals surface area (Å²) in [5, 5.41) is 3.84. The molecule has 1 heterocycles. The maximum atomic E-state index is 5.35. The van der Waals surface area contributed by atoms with Crippen molar-refractivity contribution >= 4 is 12.4 Å². The van der Waals surface area contributed by atoms with Gasteiger partial charge in [0, 0.05) is 12.3 Å². The van der Waals surface area contributed by atoms with Crippen LogP contribution in [0.2, 0.25) is 0 Å². The second-order valence-electron chi connectivity index (χ2n) is 3.09. The first-order valence-electron chi connectivity index (χ1n) is 4.26. The molecule has 0 atom stereocenters. The highest BCUT2D eigenvalue weighted by Crippen LogP contribution is 2.10. The van der Waals surface area contributed by atoms with Crippen LogP contribution in [0.5, 0.6) is 0 Å². The Labute approximate surface area is 84.3 Å². The summed E-state index contributed by atoms with van der Waals surface area (Å²) in [7, 11) is 0. The SMILES string of the molecule is CC(C)c1noc(CCCN)n1.Cl. The van der Waals surface area contributed by atoms with Crippen LogP contribution >= 0.6 is 12.4 Å². The first-order valence-corrected chi connectivity index (χ1v) is 4.26. The van der Waals surface area contributed by atoms with Gasteiger partial charge in [-0.15, -0.1) is 12.4 Å². The van der Waals surface area contributed by atoms with Crippen molar-refractivity contribution in [3.8, 4) is 0 Å². The monoisotopic (exact) mass is 205 g/mol. The second kappa shape index (κ2) is 5.94. The molecule has 0 amide bonds. The van der Waals surface area contributed by atoms with Crippen LogP contribution in [-0.2, 0) is 6.42 Å². The van der Waals surface area contributed by atoms with Gasteiger partial charge >= 0.3 is 0 Å². The fourth-order valence-electron chi connectivity index (χ4n) is 0.857. The first-order chi connectivity index (χ1) is 5.74. The smallest absolute Gasteiger partial charge is 0.226 e. The van der Waals surface area contributed by atoms with E-state index in [0.717, 1.165) is 18.7 Å². The van der Waals surface area contributed by atoms with Gasteiger partial charge in [-0.1, -0.05) is 19.0 Å². The Hall–Kier alpha value is -0.610. The van der Waals surface area contributed by atoms with Crippen LogP contribution in [0.25, 0.3) is 0 Å². The molecular formula is C8H16ClN3O. The molecule has 1 rings (SSSR count). The normalized spacial score (nSPS) is 10.2. The number of nitrogens with two attached hydrogens (primary N) is 1. The number of hydrogen-bond donors (Lipinski definition) is 1. The van der Waals surface area contributed by atoms with Crippen molar-refractivity contribution in [2.75, 3.05) is 6.54 Å². The molecule has 0 aromatic carbocycles. The van der Waals surface area contributed by atoms with Crippen molar-refractivity contribution in [3.05, 3.63) is 11.7 Å². The summed E-state index contributed by atoms with van der Waals surface area (Å²) >= 11 is 0. The van der Waals surface area contributed by atoms with E-state index in [-0.39, 0.29) is 12.4 Å². The summed E-state index contributed by atoms with van der Waals surface area (Å²) in [5.41, 5.74) is 5.35. The zero-order valence-electron chi connectivity index (χ0n) is 7.99. The predicted molar refractivity (Wildman–Crippen MR) is 53.0 cm³/mol. The summed E-state index contributed by atoms with van der Waals surface area (Å²) in [4.78, 5) is 4.21. The van der Waals surface area contributed by atoms with Crippen LogP contribution < -0.4 is 5.73 Å². The number of nitrogens with zero attached hydrogens (tertiary/aromatic N) is 2. The molecule has 76 valence electrons. The number of rotatable bonds is 4. The topological polar surface area (TPSA) is 64.9 Å². The summed E-state index contributed by atoms with van der Waals surface area (Å²) in [6.07, 6.45) is 1.69. The lowest BCUT2D eigenvalue weighted by molar-refractivity contribution is 0.369. The zero-order valence-corrected chi connectivity index (χ0v) is 8.80. The molecule has 4 nitrogen and oxygen atoms in total. The number of hydrogen-bond acceptors (Lipinski definition) is 4. The number of aryl methyl sites for hydroxylation is 1. The molecule has 0 fully saturated rings. The van der Waals surface area contributed by atoms with E-state index in [4.69, 9.17) is 10.3 Å². The van der Waals surface area contributed by atoms with E-state index in [0.29, 0.717) is 18.4 Å². The lowest BCUT2D eigenvalue weighted by Gasteiger charge is -1.92. The van der Waals surface area contributed by atoms with Gasteiger partial charge in [0.05, 0.1) is 0 Å². The highest BCUT2D eigenvalue weighted by Gasteiger charge is 2.08.